The lowest BCUT2D eigenvalue weighted by Gasteiger charge is -2.13. The lowest BCUT2D eigenvalue weighted by Crippen LogP contribution is -2.10. The molecule has 1 aromatic rings. The van der Waals surface area contributed by atoms with Crippen molar-refractivity contribution >= 4 is 0 Å². The topological polar surface area (TPSA) is 35.2 Å². The first kappa shape index (κ1) is 10.9. The summed E-state index contributed by atoms with van der Waals surface area (Å²) in [6.07, 6.45) is 0. The SMILES string of the molecule is COc1cc(F)c(F)cc1C(C)CN. The second-order valence-electron chi connectivity index (χ2n) is 3.15. The van der Waals surface area contributed by atoms with Crippen molar-refractivity contribution in [1.82, 2.24) is 0 Å². The predicted molar refractivity (Wildman–Crippen MR) is 50.4 cm³/mol. The van der Waals surface area contributed by atoms with Crippen LogP contribution in [-0.2, 0) is 0 Å². The number of rotatable bonds is 3. The molecule has 1 aromatic carbocycles. The van der Waals surface area contributed by atoms with Gasteiger partial charge in [-0.2, -0.15) is 0 Å². The van der Waals surface area contributed by atoms with E-state index >= 15 is 0 Å². The third kappa shape index (κ3) is 2.01. The van der Waals surface area contributed by atoms with Gasteiger partial charge >= 0.3 is 0 Å². The van der Waals surface area contributed by atoms with Gasteiger partial charge in [0.25, 0.3) is 0 Å². The van der Waals surface area contributed by atoms with Gasteiger partial charge in [0.2, 0.25) is 0 Å². The molecule has 0 bridgehead atoms. The summed E-state index contributed by atoms with van der Waals surface area (Å²) in [7, 11) is 1.42. The number of hydrogen-bond acceptors (Lipinski definition) is 2. The Hall–Kier alpha value is -1.16. The molecule has 0 aromatic heterocycles. The van der Waals surface area contributed by atoms with Gasteiger partial charge in [0, 0.05) is 11.6 Å². The van der Waals surface area contributed by atoms with Crippen molar-refractivity contribution in [3.63, 3.8) is 0 Å². The highest BCUT2D eigenvalue weighted by atomic mass is 19.2. The average molecular weight is 201 g/mol. The van der Waals surface area contributed by atoms with Gasteiger partial charge in [-0.1, -0.05) is 6.92 Å². The van der Waals surface area contributed by atoms with Gasteiger partial charge in [-0.15, -0.1) is 0 Å². The Bertz CT molecular complexity index is 328. The smallest absolute Gasteiger partial charge is 0.162 e. The Balaban J connectivity index is 3.19. The van der Waals surface area contributed by atoms with Gasteiger partial charge in [0.15, 0.2) is 11.6 Å². The Morgan fingerprint density at radius 2 is 1.93 bits per heavy atom. The second-order valence-corrected chi connectivity index (χ2v) is 3.15. The lowest BCUT2D eigenvalue weighted by atomic mass is 10.00. The van der Waals surface area contributed by atoms with E-state index in [0.29, 0.717) is 17.9 Å². The summed E-state index contributed by atoms with van der Waals surface area (Å²) in [6, 6.07) is 2.17. The molecule has 4 heteroatoms. The van der Waals surface area contributed by atoms with Crippen LogP contribution in [0.2, 0.25) is 0 Å². The number of hydrogen-bond donors (Lipinski definition) is 1. The van der Waals surface area contributed by atoms with Gasteiger partial charge < -0.3 is 10.5 Å². The molecule has 1 unspecified atom stereocenters. The molecule has 0 amide bonds. The third-order valence-corrected chi connectivity index (χ3v) is 2.16. The normalized spacial score (nSPS) is 12.6. The fraction of sp³-hybridized carbons (Fsp3) is 0.400. The van der Waals surface area contributed by atoms with Crippen molar-refractivity contribution in [1.29, 1.82) is 0 Å². The molecule has 0 fully saturated rings. The molecule has 0 heterocycles. The molecule has 1 rings (SSSR count). The van der Waals surface area contributed by atoms with Crippen LogP contribution < -0.4 is 10.5 Å². The first-order valence-electron chi connectivity index (χ1n) is 4.33. The summed E-state index contributed by atoms with van der Waals surface area (Å²) in [4.78, 5) is 0. The fourth-order valence-corrected chi connectivity index (χ4v) is 1.23. The molecule has 0 aliphatic heterocycles. The van der Waals surface area contributed by atoms with Crippen molar-refractivity contribution in [2.75, 3.05) is 13.7 Å². The lowest BCUT2D eigenvalue weighted by molar-refractivity contribution is 0.397. The summed E-state index contributed by atoms with van der Waals surface area (Å²) >= 11 is 0. The minimum Gasteiger partial charge on any atom is -0.496 e. The zero-order valence-corrected chi connectivity index (χ0v) is 8.18. The monoisotopic (exact) mass is 201 g/mol. The maximum absolute atomic E-state index is 12.9. The van der Waals surface area contributed by atoms with Crippen molar-refractivity contribution in [2.24, 2.45) is 5.73 Å². The predicted octanol–water partition coefficient (Wildman–Crippen LogP) is 2.04. The minimum absolute atomic E-state index is 0.0555. The number of halogens is 2. The molecule has 0 aliphatic carbocycles. The molecule has 2 nitrogen and oxygen atoms in total. The van der Waals surface area contributed by atoms with Gasteiger partial charge in [-0.3, -0.25) is 0 Å². The molecular weight excluding hydrogens is 188 g/mol. The van der Waals surface area contributed by atoms with Crippen LogP contribution >= 0.6 is 0 Å². The van der Waals surface area contributed by atoms with Crippen LogP contribution in [0.25, 0.3) is 0 Å². The summed E-state index contributed by atoms with van der Waals surface area (Å²) in [5.74, 6) is -1.50. The maximum atomic E-state index is 12.9. The van der Waals surface area contributed by atoms with Gasteiger partial charge in [-0.25, -0.2) is 8.78 Å². The zero-order chi connectivity index (χ0) is 10.7. The average Bonchev–Trinajstić information content (AvgIpc) is 2.20. The van der Waals surface area contributed by atoms with E-state index < -0.39 is 11.6 Å². The first-order chi connectivity index (χ1) is 6.60. The third-order valence-electron chi connectivity index (χ3n) is 2.16. The molecule has 14 heavy (non-hydrogen) atoms. The van der Waals surface area contributed by atoms with Crippen LogP contribution in [0.3, 0.4) is 0 Å². The number of methoxy groups -OCH3 is 1. The van der Waals surface area contributed by atoms with Crippen molar-refractivity contribution < 1.29 is 13.5 Å². The molecule has 78 valence electrons. The molecule has 0 radical (unpaired) electrons. The summed E-state index contributed by atoms with van der Waals surface area (Å²) < 4.78 is 30.7. The van der Waals surface area contributed by atoms with Crippen LogP contribution in [0.5, 0.6) is 5.75 Å². The summed E-state index contributed by atoms with van der Waals surface area (Å²) in [5.41, 5.74) is 6.04. The molecule has 1 atom stereocenters. The van der Waals surface area contributed by atoms with Crippen LogP contribution in [0, 0.1) is 11.6 Å². The summed E-state index contributed by atoms with van der Waals surface area (Å²) in [5, 5.41) is 0. The molecule has 2 N–H and O–H groups in total. The Kier molecular flexibility index (Phi) is 3.41. The Morgan fingerprint density at radius 3 is 2.43 bits per heavy atom. The molecule has 0 saturated heterocycles. The molecular formula is C10H13F2NO. The highest BCUT2D eigenvalue weighted by Crippen LogP contribution is 2.28. The van der Waals surface area contributed by atoms with Crippen molar-refractivity contribution in [2.45, 2.75) is 12.8 Å². The zero-order valence-electron chi connectivity index (χ0n) is 8.18. The molecule has 0 spiro atoms. The van der Waals surface area contributed by atoms with Crippen LogP contribution in [0.15, 0.2) is 12.1 Å². The van der Waals surface area contributed by atoms with E-state index in [2.05, 4.69) is 0 Å². The quantitative estimate of drug-likeness (QED) is 0.812. The van der Waals surface area contributed by atoms with Crippen LogP contribution in [-0.4, -0.2) is 13.7 Å². The number of nitrogens with two attached hydrogens (primary N) is 1. The highest BCUT2D eigenvalue weighted by Gasteiger charge is 2.14. The minimum atomic E-state index is -0.908. The largest absolute Gasteiger partial charge is 0.496 e. The van der Waals surface area contributed by atoms with E-state index in [1.807, 2.05) is 6.92 Å². The van der Waals surface area contributed by atoms with E-state index in [9.17, 15) is 8.78 Å². The Morgan fingerprint density at radius 1 is 1.36 bits per heavy atom. The molecule has 0 aliphatic rings. The summed E-state index contributed by atoms with van der Waals surface area (Å²) in [6.45, 7) is 2.19. The van der Waals surface area contributed by atoms with Crippen LogP contribution in [0.4, 0.5) is 8.78 Å². The van der Waals surface area contributed by atoms with Gasteiger partial charge in [0.1, 0.15) is 5.75 Å². The highest BCUT2D eigenvalue weighted by molar-refractivity contribution is 5.37. The van der Waals surface area contributed by atoms with E-state index in [4.69, 9.17) is 10.5 Å². The van der Waals surface area contributed by atoms with E-state index in [-0.39, 0.29) is 5.92 Å². The van der Waals surface area contributed by atoms with Gasteiger partial charge in [-0.05, 0) is 18.5 Å². The number of ether oxygens (including phenoxy) is 1. The van der Waals surface area contributed by atoms with E-state index in [1.54, 1.807) is 0 Å². The number of benzene rings is 1. The Labute approximate surface area is 81.7 Å². The van der Waals surface area contributed by atoms with E-state index in [0.717, 1.165) is 12.1 Å². The maximum Gasteiger partial charge on any atom is 0.162 e. The van der Waals surface area contributed by atoms with E-state index in [1.165, 1.54) is 7.11 Å². The second kappa shape index (κ2) is 4.37. The van der Waals surface area contributed by atoms with Crippen LogP contribution in [0.1, 0.15) is 18.4 Å². The molecule has 0 saturated carbocycles. The fourth-order valence-electron chi connectivity index (χ4n) is 1.23. The first-order valence-corrected chi connectivity index (χ1v) is 4.33. The van der Waals surface area contributed by atoms with Gasteiger partial charge in [0.05, 0.1) is 7.11 Å². The van der Waals surface area contributed by atoms with Crippen molar-refractivity contribution in [3.8, 4) is 5.75 Å². The van der Waals surface area contributed by atoms with Crippen molar-refractivity contribution in [3.05, 3.63) is 29.3 Å². The standard InChI is InChI=1S/C10H13F2NO/c1-6(5-13)7-3-8(11)9(12)4-10(7)14-2/h3-4,6H,5,13H2,1-2H3.